The van der Waals surface area contributed by atoms with Crippen molar-refractivity contribution in [3.05, 3.63) is 54.6 Å². The van der Waals surface area contributed by atoms with Gasteiger partial charge in [-0.05, 0) is 57.2 Å². The van der Waals surface area contributed by atoms with Crippen molar-refractivity contribution in [1.29, 1.82) is 0 Å². The number of nitrogens with one attached hydrogen (secondary N) is 1. The maximum atomic E-state index is 5.82. The molecule has 1 unspecified atom stereocenters. The predicted octanol–water partition coefficient (Wildman–Crippen LogP) is 4.62. The molecule has 0 bridgehead atoms. The van der Waals surface area contributed by atoms with Gasteiger partial charge in [-0.1, -0.05) is 18.2 Å². The zero-order chi connectivity index (χ0) is 15.1. The third-order valence-electron chi connectivity index (χ3n) is 2.92. The van der Waals surface area contributed by atoms with Crippen LogP contribution in [0.25, 0.3) is 0 Å². The van der Waals surface area contributed by atoms with E-state index in [0.29, 0.717) is 6.61 Å². The van der Waals surface area contributed by atoms with Crippen molar-refractivity contribution in [1.82, 2.24) is 0 Å². The first kappa shape index (κ1) is 15.4. The van der Waals surface area contributed by atoms with Crippen LogP contribution in [0.2, 0.25) is 0 Å². The topological polar surface area (TPSA) is 30.5 Å². The summed E-state index contributed by atoms with van der Waals surface area (Å²) in [4.78, 5) is 0. The number of hydrogen-bond donors (Lipinski definition) is 1. The minimum atomic E-state index is 0.0420. The molecule has 2 aromatic carbocycles. The first-order valence-corrected chi connectivity index (χ1v) is 7.34. The molecular formula is C18H23NO2. The molecule has 0 aliphatic carbocycles. The Morgan fingerprint density at radius 1 is 0.857 bits per heavy atom. The highest BCUT2D eigenvalue weighted by molar-refractivity contribution is 5.59. The fourth-order valence-corrected chi connectivity index (χ4v) is 1.90. The molecule has 3 heteroatoms. The van der Waals surface area contributed by atoms with Gasteiger partial charge < -0.3 is 14.8 Å². The minimum Gasteiger partial charge on any atom is -0.488 e. The number of benzene rings is 2. The monoisotopic (exact) mass is 285 g/mol. The second-order valence-corrected chi connectivity index (χ2v) is 5.33. The fraction of sp³-hybridized carbons (Fsp3) is 0.333. The van der Waals surface area contributed by atoms with Crippen molar-refractivity contribution < 1.29 is 9.47 Å². The van der Waals surface area contributed by atoms with Crippen LogP contribution in [-0.2, 0) is 4.74 Å². The van der Waals surface area contributed by atoms with Gasteiger partial charge in [-0.25, -0.2) is 0 Å². The van der Waals surface area contributed by atoms with Crippen LogP contribution >= 0.6 is 0 Å². The molecule has 3 nitrogen and oxygen atoms in total. The summed E-state index contributed by atoms with van der Waals surface area (Å²) >= 11 is 0. The van der Waals surface area contributed by atoms with Crippen LogP contribution in [0.4, 0.5) is 11.4 Å². The van der Waals surface area contributed by atoms with Crippen molar-refractivity contribution >= 4 is 11.4 Å². The Hall–Kier alpha value is -2.00. The molecule has 0 radical (unpaired) electrons. The maximum absolute atomic E-state index is 5.82. The van der Waals surface area contributed by atoms with E-state index in [-0.39, 0.29) is 12.2 Å². The second-order valence-electron chi connectivity index (χ2n) is 5.33. The standard InChI is InChI=1S/C18H23NO2/c1-14(2)20-13-15(3)21-18-11-9-17(10-12-18)19-16-7-5-4-6-8-16/h4-12,14-15,19H,13H2,1-3H3. The van der Waals surface area contributed by atoms with Crippen molar-refractivity contribution in [3.8, 4) is 5.75 Å². The van der Waals surface area contributed by atoms with E-state index in [1.165, 1.54) is 0 Å². The van der Waals surface area contributed by atoms with Crippen LogP contribution in [-0.4, -0.2) is 18.8 Å². The van der Waals surface area contributed by atoms with Crippen LogP contribution in [0.5, 0.6) is 5.75 Å². The van der Waals surface area contributed by atoms with E-state index in [4.69, 9.17) is 9.47 Å². The molecule has 112 valence electrons. The Morgan fingerprint density at radius 3 is 2.10 bits per heavy atom. The molecule has 0 heterocycles. The smallest absolute Gasteiger partial charge is 0.119 e. The molecule has 2 aromatic rings. The molecule has 0 fully saturated rings. The average Bonchev–Trinajstić information content (AvgIpc) is 2.48. The van der Waals surface area contributed by atoms with E-state index in [1.54, 1.807) is 0 Å². The summed E-state index contributed by atoms with van der Waals surface area (Å²) in [5.74, 6) is 0.855. The second kappa shape index (κ2) is 7.70. The Labute approximate surface area is 126 Å². The molecule has 1 atom stereocenters. The Kier molecular flexibility index (Phi) is 5.64. The van der Waals surface area contributed by atoms with Crippen molar-refractivity contribution in [3.63, 3.8) is 0 Å². The van der Waals surface area contributed by atoms with E-state index >= 15 is 0 Å². The van der Waals surface area contributed by atoms with Gasteiger partial charge in [0.25, 0.3) is 0 Å². The zero-order valence-electron chi connectivity index (χ0n) is 12.9. The Morgan fingerprint density at radius 2 is 1.48 bits per heavy atom. The van der Waals surface area contributed by atoms with Crippen molar-refractivity contribution in [2.24, 2.45) is 0 Å². The average molecular weight is 285 g/mol. The summed E-state index contributed by atoms with van der Waals surface area (Å²) in [6, 6.07) is 18.1. The summed E-state index contributed by atoms with van der Waals surface area (Å²) in [6.45, 7) is 6.66. The SMILES string of the molecule is CC(C)OCC(C)Oc1ccc(Nc2ccccc2)cc1. The Balaban J connectivity index is 1.87. The largest absolute Gasteiger partial charge is 0.488 e. The first-order chi connectivity index (χ1) is 10.1. The van der Waals surface area contributed by atoms with E-state index in [0.717, 1.165) is 17.1 Å². The molecule has 2 rings (SSSR count). The van der Waals surface area contributed by atoms with E-state index in [2.05, 4.69) is 5.32 Å². The Bertz CT molecular complexity index is 523. The molecule has 0 aliphatic heterocycles. The zero-order valence-corrected chi connectivity index (χ0v) is 12.9. The van der Waals surface area contributed by atoms with Crippen LogP contribution in [0.1, 0.15) is 20.8 Å². The summed E-state index contributed by atoms with van der Waals surface area (Å²) in [5.41, 5.74) is 2.12. The van der Waals surface area contributed by atoms with Gasteiger partial charge in [0.15, 0.2) is 0 Å². The lowest BCUT2D eigenvalue weighted by atomic mass is 10.2. The molecule has 0 aromatic heterocycles. The highest BCUT2D eigenvalue weighted by Gasteiger charge is 2.05. The van der Waals surface area contributed by atoms with Gasteiger partial charge in [0.05, 0.1) is 12.7 Å². The molecule has 0 saturated carbocycles. The van der Waals surface area contributed by atoms with Crippen molar-refractivity contribution in [2.75, 3.05) is 11.9 Å². The number of hydrogen-bond acceptors (Lipinski definition) is 3. The lowest BCUT2D eigenvalue weighted by molar-refractivity contribution is 0.0230. The van der Waals surface area contributed by atoms with Gasteiger partial charge in [-0.15, -0.1) is 0 Å². The highest BCUT2D eigenvalue weighted by Crippen LogP contribution is 2.20. The summed E-state index contributed by atoms with van der Waals surface area (Å²) in [6.07, 6.45) is 0.272. The number of ether oxygens (including phenoxy) is 2. The third-order valence-corrected chi connectivity index (χ3v) is 2.92. The summed E-state index contributed by atoms with van der Waals surface area (Å²) in [5, 5.41) is 3.34. The molecule has 0 spiro atoms. The van der Waals surface area contributed by atoms with Gasteiger partial charge >= 0.3 is 0 Å². The lowest BCUT2D eigenvalue weighted by Gasteiger charge is -2.17. The first-order valence-electron chi connectivity index (χ1n) is 7.34. The van der Waals surface area contributed by atoms with Gasteiger partial charge in [0.2, 0.25) is 0 Å². The molecule has 1 N–H and O–H groups in total. The van der Waals surface area contributed by atoms with Gasteiger partial charge in [-0.2, -0.15) is 0 Å². The molecule has 0 aliphatic rings. The van der Waals surface area contributed by atoms with E-state index < -0.39 is 0 Å². The summed E-state index contributed by atoms with van der Waals surface area (Å²) < 4.78 is 11.4. The molecule has 0 amide bonds. The van der Waals surface area contributed by atoms with Crippen LogP contribution in [0.15, 0.2) is 54.6 Å². The van der Waals surface area contributed by atoms with E-state index in [9.17, 15) is 0 Å². The molecule has 21 heavy (non-hydrogen) atoms. The fourth-order valence-electron chi connectivity index (χ4n) is 1.90. The van der Waals surface area contributed by atoms with E-state index in [1.807, 2.05) is 75.4 Å². The van der Waals surface area contributed by atoms with Crippen LogP contribution < -0.4 is 10.1 Å². The minimum absolute atomic E-state index is 0.0420. The highest BCUT2D eigenvalue weighted by atomic mass is 16.5. The van der Waals surface area contributed by atoms with Crippen molar-refractivity contribution in [2.45, 2.75) is 33.0 Å². The number of para-hydroxylation sites is 1. The summed E-state index contributed by atoms with van der Waals surface area (Å²) in [7, 11) is 0. The van der Waals surface area contributed by atoms with Gasteiger partial charge in [-0.3, -0.25) is 0 Å². The molecular weight excluding hydrogens is 262 g/mol. The number of anilines is 2. The van der Waals surface area contributed by atoms with Crippen LogP contribution in [0.3, 0.4) is 0 Å². The quantitative estimate of drug-likeness (QED) is 0.805. The molecule has 0 saturated heterocycles. The third kappa shape index (κ3) is 5.48. The van der Waals surface area contributed by atoms with Gasteiger partial charge in [0, 0.05) is 11.4 Å². The van der Waals surface area contributed by atoms with Crippen LogP contribution in [0, 0.1) is 0 Å². The van der Waals surface area contributed by atoms with Gasteiger partial charge in [0.1, 0.15) is 11.9 Å². The number of rotatable bonds is 7. The predicted molar refractivity (Wildman–Crippen MR) is 87.3 cm³/mol. The lowest BCUT2D eigenvalue weighted by Crippen LogP contribution is -2.21. The maximum Gasteiger partial charge on any atom is 0.119 e. The normalized spacial score (nSPS) is 12.2.